The lowest BCUT2D eigenvalue weighted by Crippen LogP contribution is -2.28. The molecule has 6 heteroatoms. The molecule has 1 fully saturated rings. The molecule has 0 spiro atoms. The fraction of sp³-hybridized carbons (Fsp3) is 0.500. The number of benzene rings is 1. The molecule has 1 aromatic rings. The van der Waals surface area contributed by atoms with Crippen molar-refractivity contribution in [2.45, 2.75) is 43.9 Å². The third-order valence-electron chi connectivity index (χ3n) is 3.95. The highest BCUT2D eigenvalue weighted by Gasteiger charge is 2.25. The van der Waals surface area contributed by atoms with Crippen LogP contribution in [0, 0.1) is 0 Å². The van der Waals surface area contributed by atoms with Crippen LogP contribution in [0.3, 0.4) is 0 Å². The number of anilines is 1. The summed E-state index contributed by atoms with van der Waals surface area (Å²) in [6.07, 6.45) is 6.08. The predicted octanol–water partition coefficient (Wildman–Crippen LogP) is 1.98. The molecular formula is C14H19N3O2S. The summed E-state index contributed by atoms with van der Waals surface area (Å²) >= 11 is 0. The van der Waals surface area contributed by atoms with Crippen LogP contribution in [0.25, 0.3) is 0 Å². The van der Waals surface area contributed by atoms with Crippen LogP contribution in [0.15, 0.2) is 22.6 Å². The summed E-state index contributed by atoms with van der Waals surface area (Å²) in [5.41, 5.74) is 8.26. The molecule has 1 heterocycles. The van der Waals surface area contributed by atoms with E-state index in [1.165, 1.54) is 19.3 Å². The van der Waals surface area contributed by atoms with E-state index in [4.69, 9.17) is 5.73 Å². The number of fused-ring (bicyclic) bond motifs is 1. The van der Waals surface area contributed by atoms with Gasteiger partial charge in [-0.15, -0.1) is 4.40 Å². The first-order valence-electron chi connectivity index (χ1n) is 7.02. The van der Waals surface area contributed by atoms with Crippen LogP contribution in [0.2, 0.25) is 0 Å². The Balaban J connectivity index is 1.94. The SMILES string of the molecule is NC1=NS(=O)(=O)Cc2cccc(NC3CCCCC3)c21. The lowest BCUT2D eigenvalue weighted by Gasteiger charge is -2.26. The molecule has 0 radical (unpaired) electrons. The average molecular weight is 293 g/mol. The summed E-state index contributed by atoms with van der Waals surface area (Å²) < 4.78 is 26.9. The van der Waals surface area contributed by atoms with Gasteiger partial charge in [0.05, 0.1) is 5.75 Å². The quantitative estimate of drug-likeness (QED) is 0.873. The van der Waals surface area contributed by atoms with Crippen molar-refractivity contribution in [3.8, 4) is 0 Å². The lowest BCUT2D eigenvalue weighted by molar-refractivity contribution is 0.462. The van der Waals surface area contributed by atoms with Crippen LogP contribution < -0.4 is 11.1 Å². The summed E-state index contributed by atoms with van der Waals surface area (Å²) in [7, 11) is -3.46. The molecule has 3 N–H and O–H groups in total. The number of nitrogens with zero attached hydrogens (tertiary/aromatic N) is 1. The number of sulfonamides is 1. The first-order valence-corrected chi connectivity index (χ1v) is 8.63. The van der Waals surface area contributed by atoms with Crippen molar-refractivity contribution in [3.05, 3.63) is 29.3 Å². The van der Waals surface area contributed by atoms with Gasteiger partial charge in [-0.3, -0.25) is 0 Å². The fourth-order valence-corrected chi connectivity index (χ4v) is 4.12. The molecule has 1 aliphatic heterocycles. The molecule has 0 atom stereocenters. The summed E-state index contributed by atoms with van der Waals surface area (Å²) in [4.78, 5) is 0. The summed E-state index contributed by atoms with van der Waals surface area (Å²) in [5.74, 6) is 0.0357. The van der Waals surface area contributed by atoms with Crippen molar-refractivity contribution in [1.82, 2.24) is 0 Å². The molecule has 0 aromatic heterocycles. The van der Waals surface area contributed by atoms with E-state index in [0.29, 0.717) is 6.04 Å². The van der Waals surface area contributed by atoms with E-state index in [0.717, 1.165) is 29.7 Å². The molecule has 20 heavy (non-hydrogen) atoms. The van der Waals surface area contributed by atoms with Gasteiger partial charge in [0.25, 0.3) is 10.0 Å². The van der Waals surface area contributed by atoms with E-state index in [-0.39, 0.29) is 11.6 Å². The standard InChI is InChI=1S/C14H19N3O2S/c15-14-13-10(9-20(18,19)17-14)5-4-8-12(13)16-11-6-2-1-3-7-11/h4-5,8,11,16H,1-3,6-7,9H2,(H2,15,17). The van der Waals surface area contributed by atoms with Gasteiger partial charge in [0, 0.05) is 17.3 Å². The maximum atomic E-state index is 11.6. The zero-order valence-electron chi connectivity index (χ0n) is 11.3. The van der Waals surface area contributed by atoms with Gasteiger partial charge in [0.15, 0.2) is 0 Å². The number of rotatable bonds is 2. The van der Waals surface area contributed by atoms with Crippen molar-refractivity contribution in [1.29, 1.82) is 0 Å². The van der Waals surface area contributed by atoms with E-state index in [2.05, 4.69) is 9.71 Å². The molecule has 0 amide bonds. The third kappa shape index (κ3) is 2.65. The zero-order valence-corrected chi connectivity index (χ0v) is 12.1. The minimum atomic E-state index is -3.46. The first kappa shape index (κ1) is 13.4. The monoisotopic (exact) mass is 293 g/mol. The van der Waals surface area contributed by atoms with Crippen LogP contribution in [-0.4, -0.2) is 20.3 Å². The Morgan fingerprint density at radius 2 is 1.95 bits per heavy atom. The lowest BCUT2D eigenvalue weighted by atomic mass is 9.94. The molecule has 108 valence electrons. The van der Waals surface area contributed by atoms with E-state index in [1.54, 1.807) is 6.07 Å². The normalized spacial score (nSPS) is 21.9. The van der Waals surface area contributed by atoms with Crippen molar-refractivity contribution in [2.75, 3.05) is 5.32 Å². The van der Waals surface area contributed by atoms with Crippen LogP contribution >= 0.6 is 0 Å². The van der Waals surface area contributed by atoms with E-state index < -0.39 is 10.0 Å². The third-order valence-corrected chi connectivity index (χ3v) is 5.10. The molecule has 5 nitrogen and oxygen atoms in total. The zero-order chi connectivity index (χ0) is 14.2. The number of hydrogen-bond acceptors (Lipinski definition) is 4. The largest absolute Gasteiger partial charge is 0.382 e. The first-order chi connectivity index (χ1) is 9.55. The Kier molecular flexibility index (Phi) is 3.41. The Labute approximate surface area is 119 Å². The molecule has 0 unspecified atom stereocenters. The van der Waals surface area contributed by atoms with Gasteiger partial charge in [0.2, 0.25) is 0 Å². The topological polar surface area (TPSA) is 84.5 Å². The maximum absolute atomic E-state index is 11.6. The van der Waals surface area contributed by atoms with Crippen molar-refractivity contribution in [2.24, 2.45) is 10.1 Å². The fourth-order valence-electron chi connectivity index (χ4n) is 3.03. The molecular weight excluding hydrogens is 274 g/mol. The Hall–Kier alpha value is -1.56. The smallest absolute Gasteiger partial charge is 0.259 e. The second-order valence-electron chi connectivity index (χ2n) is 5.52. The number of hydrogen-bond donors (Lipinski definition) is 2. The second kappa shape index (κ2) is 5.09. The summed E-state index contributed by atoms with van der Waals surface area (Å²) in [6.45, 7) is 0. The number of nitrogens with one attached hydrogen (secondary N) is 1. The molecule has 3 rings (SSSR count). The Morgan fingerprint density at radius 1 is 1.20 bits per heavy atom. The minimum Gasteiger partial charge on any atom is -0.382 e. The van der Waals surface area contributed by atoms with Gasteiger partial charge in [-0.25, -0.2) is 8.42 Å². The number of nitrogens with two attached hydrogens (primary N) is 1. The van der Waals surface area contributed by atoms with E-state index in [9.17, 15) is 8.42 Å². The molecule has 1 aromatic carbocycles. The van der Waals surface area contributed by atoms with Crippen LogP contribution in [0.4, 0.5) is 5.69 Å². The van der Waals surface area contributed by atoms with Gasteiger partial charge in [0.1, 0.15) is 5.84 Å². The summed E-state index contributed by atoms with van der Waals surface area (Å²) in [5, 5.41) is 3.51. The molecule has 0 saturated heterocycles. The van der Waals surface area contributed by atoms with E-state index >= 15 is 0 Å². The highest BCUT2D eigenvalue weighted by Crippen LogP contribution is 2.29. The predicted molar refractivity (Wildman–Crippen MR) is 80.3 cm³/mol. The van der Waals surface area contributed by atoms with Crippen LogP contribution in [-0.2, 0) is 15.8 Å². The van der Waals surface area contributed by atoms with Gasteiger partial charge in [-0.05, 0) is 24.5 Å². The average Bonchev–Trinajstić information content (AvgIpc) is 2.38. The maximum Gasteiger partial charge on any atom is 0.259 e. The van der Waals surface area contributed by atoms with Gasteiger partial charge in [-0.2, -0.15) is 0 Å². The van der Waals surface area contributed by atoms with Gasteiger partial charge < -0.3 is 11.1 Å². The Bertz CT molecular complexity index is 646. The van der Waals surface area contributed by atoms with E-state index in [1.807, 2.05) is 12.1 Å². The van der Waals surface area contributed by atoms with Crippen LogP contribution in [0.5, 0.6) is 0 Å². The molecule has 2 aliphatic rings. The van der Waals surface area contributed by atoms with Crippen molar-refractivity contribution in [3.63, 3.8) is 0 Å². The molecule has 1 aliphatic carbocycles. The van der Waals surface area contributed by atoms with Crippen LogP contribution in [0.1, 0.15) is 43.2 Å². The van der Waals surface area contributed by atoms with Crippen molar-refractivity contribution < 1.29 is 8.42 Å². The molecule has 1 saturated carbocycles. The van der Waals surface area contributed by atoms with Gasteiger partial charge >= 0.3 is 0 Å². The number of amidine groups is 1. The summed E-state index contributed by atoms with van der Waals surface area (Å²) in [6, 6.07) is 6.08. The minimum absolute atomic E-state index is 0.0663. The van der Waals surface area contributed by atoms with Crippen molar-refractivity contribution >= 4 is 21.5 Å². The van der Waals surface area contributed by atoms with Gasteiger partial charge in [-0.1, -0.05) is 31.4 Å². The Morgan fingerprint density at radius 3 is 2.70 bits per heavy atom. The molecule has 0 bridgehead atoms. The highest BCUT2D eigenvalue weighted by molar-refractivity contribution is 7.89. The second-order valence-corrected chi connectivity index (χ2v) is 7.16. The highest BCUT2D eigenvalue weighted by atomic mass is 32.2.